The van der Waals surface area contributed by atoms with Crippen LogP contribution < -0.4 is 10.9 Å². The van der Waals surface area contributed by atoms with Crippen LogP contribution in [0.2, 0.25) is 0 Å². The van der Waals surface area contributed by atoms with Gasteiger partial charge in [-0.2, -0.15) is 0 Å². The first kappa shape index (κ1) is 18.0. The third kappa shape index (κ3) is 2.91. The number of nitrogens with one attached hydrogen (secondary N) is 1. The Hall–Kier alpha value is -2.38. The summed E-state index contributed by atoms with van der Waals surface area (Å²) in [6.45, 7) is 8.32. The molecule has 8 nitrogen and oxygen atoms in total. The zero-order valence-electron chi connectivity index (χ0n) is 16.2. The number of fused-ring (bicyclic) bond motifs is 3. The van der Waals surface area contributed by atoms with Crippen molar-refractivity contribution in [3.8, 4) is 0 Å². The van der Waals surface area contributed by atoms with Gasteiger partial charge in [-0.3, -0.25) is 14.2 Å². The highest BCUT2D eigenvalue weighted by molar-refractivity contribution is 5.75. The number of likely N-dealkylation sites (tertiary alicyclic amines) is 1. The van der Waals surface area contributed by atoms with Gasteiger partial charge in [0.15, 0.2) is 0 Å². The Kier molecular flexibility index (Phi) is 4.24. The highest BCUT2D eigenvalue weighted by atomic mass is 16.2. The van der Waals surface area contributed by atoms with Crippen molar-refractivity contribution in [1.82, 2.24) is 24.7 Å². The first-order chi connectivity index (χ1) is 12.8. The predicted molar refractivity (Wildman–Crippen MR) is 99.4 cm³/mol. The average Bonchev–Trinajstić information content (AvgIpc) is 3.20. The van der Waals surface area contributed by atoms with Crippen molar-refractivity contribution in [2.45, 2.75) is 64.6 Å². The highest BCUT2D eigenvalue weighted by Gasteiger charge is 2.48. The fourth-order valence-electron chi connectivity index (χ4n) is 4.60. The third-order valence-electron chi connectivity index (χ3n) is 6.10. The average molecular weight is 373 g/mol. The Bertz CT molecular complexity index is 862. The van der Waals surface area contributed by atoms with Gasteiger partial charge in [0.05, 0.1) is 17.8 Å². The van der Waals surface area contributed by atoms with Gasteiger partial charge in [-0.1, -0.05) is 0 Å². The molecule has 0 aliphatic carbocycles. The van der Waals surface area contributed by atoms with Gasteiger partial charge < -0.3 is 15.1 Å². The van der Waals surface area contributed by atoms with E-state index in [1.807, 2.05) is 18.7 Å². The quantitative estimate of drug-likeness (QED) is 0.781. The molecule has 146 valence electrons. The molecule has 4 heterocycles. The van der Waals surface area contributed by atoms with Crippen LogP contribution in [0.5, 0.6) is 0 Å². The molecule has 0 saturated carbocycles. The van der Waals surface area contributed by atoms with E-state index in [1.165, 1.54) is 6.92 Å². The highest BCUT2D eigenvalue weighted by Crippen LogP contribution is 2.41. The maximum absolute atomic E-state index is 13.1. The van der Waals surface area contributed by atoms with Crippen LogP contribution in [-0.2, 0) is 29.7 Å². The van der Waals surface area contributed by atoms with Crippen molar-refractivity contribution in [3.05, 3.63) is 27.4 Å². The van der Waals surface area contributed by atoms with Crippen molar-refractivity contribution < 1.29 is 9.59 Å². The summed E-state index contributed by atoms with van der Waals surface area (Å²) >= 11 is 0. The lowest BCUT2D eigenvalue weighted by atomic mass is 9.85. The molecule has 1 N–H and O–H groups in total. The lowest BCUT2D eigenvalue weighted by molar-refractivity contribution is -0.129. The molecule has 0 bridgehead atoms. The first-order valence-electron chi connectivity index (χ1n) is 9.75. The summed E-state index contributed by atoms with van der Waals surface area (Å²) in [7, 11) is 0. The van der Waals surface area contributed by atoms with Gasteiger partial charge in [-0.15, -0.1) is 0 Å². The summed E-state index contributed by atoms with van der Waals surface area (Å²) in [6, 6.07) is 0.0552. The van der Waals surface area contributed by atoms with E-state index in [4.69, 9.17) is 4.98 Å². The molecule has 1 aromatic rings. The van der Waals surface area contributed by atoms with E-state index < -0.39 is 0 Å². The maximum atomic E-state index is 13.1. The molecule has 4 rings (SSSR count). The Morgan fingerprint density at radius 3 is 2.59 bits per heavy atom. The number of hydrogen-bond acceptors (Lipinski definition) is 4. The Balaban J connectivity index is 1.64. The number of nitrogens with zero attached hydrogens (tertiary/aromatic N) is 4. The monoisotopic (exact) mass is 373 g/mol. The van der Waals surface area contributed by atoms with Crippen molar-refractivity contribution >= 4 is 11.9 Å². The van der Waals surface area contributed by atoms with Crippen LogP contribution >= 0.6 is 0 Å². The van der Waals surface area contributed by atoms with Crippen molar-refractivity contribution in [3.63, 3.8) is 0 Å². The smallest absolute Gasteiger partial charge is 0.317 e. The van der Waals surface area contributed by atoms with E-state index in [0.717, 1.165) is 24.4 Å². The van der Waals surface area contributed by atoms with Gasteiger partial charge in [0.25, 0.3) is 5.56 Å². The van der Waals surface area contributed by atoms with E-state index in [2.05, 4.69) is 5.32 Å². The van der Waals surface area contributed by atoms with Gasteiger partial charge in [-0.05, 0) is 26.7 Å². The van der Waals surface area contributed by atoms with Crippen LogP contribution in [-0.4, -0.2) is 57.0 Å². The molecule has 27 heavy (non-hydrogen) atoms. The van der Waals surface area contributed by atoms with E-state index >= 15 is 0 Å². The second kappa shape index (κ2) is 6.35. The molecule has 1 fully saturated rings. The molecular formula is C19H27N5O3. The standard InChI is InChI=1S/C19H27N5O3/c1-12(2)20-18(27)23-8-5-19(11-23)6-9-24-16(26)14-10-22(13(3)25)7-4-15(14)21-17(19)24/h12H,4-11H2,1-3H3,(H,20,27)/t19-/m1/s1. The molecule has 8 heteroatoms. The van der Waals surface area contributed by atoms with Crippen LogP contribution in [0.25, 0.3) is 0 Å². The maximum Gasteiger partial charge on any atom is 0.317 e. The van der Waals surface area contributed by atoms with Gasteiger partial charge in [0.2, 0.25) is 5.91 Å². The van der Waals surface area contributed by atoms with E-state index in [0.29, 0.717) is 44.7 Å². The zero-order chi connectivity index (χ0) is 19.3. The molecule has 3 aliphatic rings. The molecular weight excluding hydrogens is 346 g/mol. The summed E-state index contributed by atoms with van der Waals surface area (Å²) in [5, 5.41) is 2.95. The number of hydrogen-bond donors (Lipinski definition) is 1. The van der Waals surface area contributed by atoms with Crippen molar-refractivity contribution in [2.24, 2.45) is 0 Å². The second-order valence-corrected chi connectivity index (χ2v) is 8.31. The minimum absolute atomic E-state index is 0.00961. The van der Waals surface area contributed by atoms with Gasteiger partial charge >= 0.3 is 6.03 Å². The topological polar surface area (TPSA) is 87.5 Å². The van der Waals surface area contributed by atoms with Crippen LogP contribution in [0.4, 0.5) is 4.79 Å². The minimum atomic E-state index is -0.222. The molecule has 0 aromatic carbocycles. The van der Waals surface area contributed by atoms with Gasteiger partial charge in [-0.25, -0.2) is 9.78 Å². The minimum Gasteiger partial charge on any atom is -0.338 e. The fraction of sp³-hybridized carbons (Fsp3) is 0.684. The molecule has 3 aliphatic heterocycles. The van der Waals surface area contributed by atoms with Crippen LogP contribution in [0, 0.1) is 0 Å². The SMILES string of the molecule is CC(=O)N1CCc2nc3n(c(=O)c2C1)CC[C@@]31CCN(C(=O)NC(C)C)C1. The number of aromatic nitrogens is 2. The molecule has 3 amide bonds. The molecule has 1 atom stereocenters. The lowest BCUT2D eigenvalue weighted by Crippen LogP contribution is -2.44. The lowest BCUT2D eigenvalue weighted by Gasteiger charge is -2.29. The normalized spacial score (nSPS) is 23.7. The predicted octanol–water partition coefficient (Wildman–Crippen LogP) is 0.613. The number of carbonyl (C=O) groups is 2. The fourth-order valence-corrected chi connectivity index (χ4v) is 4.60. The zero-order valence-corrected chi connectivity index (χ0v) is 16.2. The van der Waals surface area contributed by atoms with Crippen LogP contribution in [0.1, 0.15) is 50.7 Å². The summed E-state index contributed by atoms with van der Waals surface area (Å²) in [5.74, 6) is 0.826. The number of carbonyl (C=O) groups excluding carboxylic acids is 2. The Labute approximate surface area is 158 Å². The van der Waals surface area contributed by atoms with E-state index in [9.17, 15) is 14.4 Å². The molecule has 1 aromatic heterocycles. The van der Waals surface area contributed by atoms with Crippen molar-refractivity contribution in [2.75, 3.05) is 19.6 Å². The molecule has 1 saturated heterocycles. The largest absolute Gasteiger partial charge is 0.338 e. The first-order valence-corrected chi connectivity index (χ1v) is 9.75. The van der Waals surface area contributed by atoms with Gasteiger partial charge in [0.1, 0.15) is 5.82 Å². The van der Waals surface area contributed by atoms with Crippen LogP contribution in [0.15, 0.2) is 4.79 Å². The number of amides is 3. The Morgan fingerprint density at radius 2 is 1.89 bits per heavy atom. The summed E-state index contributed by atoms with van der Waals surface area (Å²) in [6.07, 6.45) is 2.29. The summed E-state index contributed by atoms with van der Waals surface area (Å²) in [4.78, 5) is 45.6. The van der Waals surface area contributed by atoms with Crippen molar-refractivity contribution in [1.29, 1.82) is 0 Å². The van der Waals surface area contributed by atoms with E-state index in [1.54, 1.807) is 9.47 Å². The third-order valence-corrected chi connectivity index (χ3v) is 6.10. The number of urea groups is 1. The Morgan fingerprint density at radius 1 is 1.15 bits per heavy atom. The molecule has 0 unspecified atom stereocenters. The summed E-state index contributed by atoms with van der Waals surface area (Å²) in [5.41, 5.74) is 1.25. The molecule has 1 spiro atoms. The summed E-state index contributed by atoms with van der Waals surface area (Å²) < 4.78 is 1.78. The second-order valence-electron chi connectivity index (χ2n) is 8.31. The van der Waals surface area contributed by atoms with Gasteiger partial charge in [0, 0.05) is 51.0 Å². The van der Waals surface area contributed by atoms with E-state index in [-0.39, 0.29) is 29.0 Å². The number of rotatable bonds is 1. The molecule has 0 radical (unpaired) electrons. The van der Waals surface area contributed by atoms with Crippen LogP contribution in [0.3, 0.4) is 0 Å².